The number of nitrogens with one attached hydrogen (secondary N) is 2. The number of guanidine groups is 1. The number of likely N-dealkylation sites (tertiary alicyclic amines) is 1. The molecule has 2 atom stereocenters. The first-order chi connectivity index (χ1) is 14.4. The summed E-state index contributed by atoms with van der Waals surface area (Å²) in [5, 5.41) is 24.0. The summed E-state index contributed by atoms with van der Waals surface area (Å²) in [4.78, 5) is 8.65. The van der Waals surface area contributed by atoms with Gasteiger partial charge in [0.2, 0.25) is 0 Å². The number of nitrogens with zero attached hydrogens (tertiary/aromatic N) is 4. The Morgan fingerprint density at radius 2 is 2.13 bits per heavy atom. The van der Waals surface area contributed by atoms with Crippen LogP contribution >= 0.6 is 35.3 Å². The summed E-state index contributed by atoms with van der Waals surface area (Å²) in [5.74, 6) is 1.54. The van der Waals surface area contributed by atoms with Gasteiger partial charge in [0.25, 0.3) is 0 Å². The average molecular weight is 561 g/mol. The molecule has 0 spiro atoms. The SMILES string of the molecule is CCNC(=NCC(C)(O)c1cnn(C)c1)NCC(c1cccs1)N1CCC(C)CC1.I. The van der Waals surface area contributed by atoms with E-state index in [2.05, 4.69) is 57.0 Å². The highest BCUT2D eigenvalue weighted by Crippen LogP contribution is 2.29. The lowest BCUT2D eigenvalue weighted by Crippen LogP contribution is -2.45. The zero-order valence-electron chi connectivity index (χ0n) is 19.0. The molecule has 1 aliphatic rings. The molecule has 9 heteroatoms. The number of piperidine rings is 1. The largest absolute Gasteiger partial charge is 0.383 e. The molecule has 0 radical (unpaired) electrons. The van der Waals surface area contributed by atoms with Crippen molar-refractivity contribution < 1.29 is 5.11 Å². The summed E-state index contributed by atoms with van der Waals surface area (Å²) < 4.78 is 1.70. The van der Waals surface area contributed by atoms with E-state index in [1.807, 2.05) is 24.6 Å². The molecule has 2 aromatic heterocycles. The fourth-order valence-corrected chi connectivity index (χ4v) is 4.65. The third kappa shape index (κ3) is 7.44. The molecule has 2 unspecified atom stereocenters. The number of aryl methyl sites for hydroxylation is 1. The second-order valence-electron chi connectivity index (χ2n) is 8.50. The van der Waals surface area contributed by atoms with E-state index in [0.29, 0.717) is 6.04 Å². The van der Waals surface area contributed by atoms with Crippen molar-refractivity contribution in [3.05, 3.63) is 40.3 Å². The summed E-state index contributed by atoms with van der Waals surface area (Å²) in [6, 6.07) is 4.69. The van der Waals surface area contributed by atoms with Gasteiger partial charge in [0.1, 0.15) is 5.60 Å². The van der Waals surface area contributed by atoms with Crippen molar-refractivity contribution in [3.8, 4) is 0 Å². The van der Waals surface area contributed by atoms with Crippen molar-refractivity contribution >= 4 is 41.3 Å². The Labute approximate surface area is 207 Å². The molecule has 2 aromatic rings. The number of hydrogen-bond donors (Lipinski definition) is 3. The second-order valence-corrected chi connectivity index (χ2v) is 9.48. The van der Waals surface area contributed by atoms with Crippen LogP contribution in [0.3, 0.4) is 0 Å². The predicted molar refractivity (Wildman–Crippen MR) is 139 cm³/mol. The summed E-state index contributed by atoms with van der Waals surface area (Å²) in [7, 11) is 1.85. The first-order valence-electron chi connectivity index (χ1n) is 10.9. The fourth-order valence-electron chi connectivity index (χ4n) is 3.79. The Hall–Kier alpha value is -1.17. The molecular weight excluding hydrogens is 523 g/mol. The van der Waals surface area contributed by atoms with Crippen LogP contribution in [0.5, 0.6) is 0 Å². The molecule has 31 heavy (non-hydrogen) atoms. The smallest absolute Gasteiger partial charge is 0.191 e. The van der Waals surface area contributed by atoms with Gasteiger partial charge in [0.05, 0.1) is 18.8 Å². The molecule has 1 saturated heterocycles. The highest BCUT2D eigenvalue weighted by molar-refractivity contribution is 14.0. The number of halogens is 1. The van der Waals surface area contributed by atoms with Crippen molar-refractivity contribution in [1.29, 1.82) is 0 Å². The van der Waals surface area contributed by atoms with Crippen LogP contribution in [0.2, 0.25) is 0 Å². The predicted octanol–water partition coefficient (Wildman–Crippen LogP) is 3.34. The maximum absolute atomic E-state index is 10.9. The molecule has 1 aliphatic heterocycles. The Morgan fingerprint density at radius 1 is 1.39 bits per heavy atom. The Morgan fingerprint density at radius 3 is 2.71 bits per heavy atom. The highest BCUT2D eigenvalue weighted by atomic mass is 127. The van der Waals surface area contributed by atoms with E-state index < -0.39 is 5.60 Å². The third-order valence-electron chi connectivity index (χ3n) is 5.81. The zero-order valence-corrected chi connectivity index (χ0v) is 22.2. The van der Waals surface area contributed by atoms with Crippen molar-refractivity contribution in [2.45, 2.75) is 45.3 Å². The third-order valence-corrected chi connectivity index (χ3v) is 6.78. The van der Waals surface area contributed by atoms with Crippen LogP contribution in [0, 0.1) is 5.92 Å². The normalized spacial score (nSPS) is 18.8. The summed E-state index contributed by atoms with van der Waals surface area (Å²) >= 11 is 1.82. The van der Waals surface area contributed by atoms with Crippen LogP contribution in [-0.4, -0.2) is 58.5 Å². The van der Waals surface area contributed by atoms with Crippen LogP contribution < -0.4 is 10.6 Å². The topological polar surface area (TPSA) is 77.7 Å². The number of aromatic nitrogens is 2. The number of rotatable bonds is 8. The van der Waals surface area contributed by atoms with E-state index in [0.717, 1.165) is 43.6 Å². The molecule has 3 heterocycles. The summed E-state index contributed by atoms with van der Waals surface area (Å²) in [6.45, 7) is 10.3. The Bertz CT molecular complexity index is 799. The van der Waals surface area contributed by atoms with Gasteiger partial charge in [-0.25, -0.2) is 4.99 Å². The van der Waals surface area contributed by atoms with E-state index in [1.165, 1.54) is 17.7 Å². The highest BCUT2D eigenvalue weighted by Gasteiger charge is 2.27. The van der Waals surface area contributed by atoms with E-state index in [9.17, 15) is 5.11 Å². The molecule has 1 fully saturated rings. The minimum absolute atomic E-state index is 0. The molecule has 0 saturated carbocycles. The van der Waals surface area contributed by atoms with E-state index in [-0.39, 0.29) is 30.5 Å². The molecule has 0 bridgehead atoms. The van der Waals surface area contributed by atoms with Crippen molar-refractivity contribution in [2.75, 3.05) is 32.7 Å². The van der Waals surface area contributed by atoms with Crippen molar-refractivity contribution in [1.82, 2.24) is 25.3 Å². The number of hydrogen-bond acceptors (Lipinski definition) is 5. The van der Waals surface area contributed by atoms with Crippen LogP contribution in [0.25, 0.3) is 0 Å². The van der Waals surface area contributed by atoms with Gasteiger partial charge >= 0.3 is 0 Å². The van der Waals surface area contributed by atoms with E-state index in [4.69, 9.17) is 0 Å². The minimum Gasteiger partial charge on any atom is -0.383 e. The van der Waals surface area contributed by atoms with E-state index in [1.54, 1.807) is 17.8 Å². The molecule has 7 nitrogen and oxygen atoms in total. The van der Waals surface area contributed by atoms with Gasteiger partial charge in [0, 0.05) is 36.8 Å². The lowest BCUT2D eigenvalue weighted by molar-refractivity contribution is 0.0671. The van der Waals surface area contributed by atoms with Crippen molar-refractivity contribution in [3.63, 3.8) is 0 Å². The van der Waals surface area contributed by atoms with Crippen LogP contribution in [0.1, 0.15) is 50.1 Å². The molecule has 0 amide bonds. The van der Waals surface area contributed by atoms with Gasteiger partial charge < -0.3 is 15.7 Å². The molecule has 0 aliphatic carbocycles. The number of thiophene rings is 1. The summed E-state index contributed by atoms with van der Waals surface area (Å²) in [5.41, 5.74) is -0.296. The zero-order chi connectivity index (χ0) is 21.6. The standard InChI is InChI=1S/C22H36N6OS.HI/c1-5-23-21(25-16-22(3,29)18-13-26-27(4)15-18)24-14-19(20-7-6-12-30-20)28-10-8-17(2)9-11-28;/h6-7,12-13,15,17,19,29H,5,8-11,14,16H2,1-4H3,(H2,23,24,25);1H. The maximum Gasteiger partial charge on any atom is 0.191 e. The molecule has 0 aromatic carbocycles. The Kier molecular flexibility index (Phi) is 10.2. The quantitative estimate of drug-likeness (QED) is 0.263. The maximum atomic E-state index is 10.9. The van der Waals surface area contributed by atoms with Gasteiger partial charge in [-0.1, -0.05) is 13.0 Å². The second kappa shape index (κ2) is 12.2. The molecule has 3 N–H and O–H groups in total. The summed E-state index contributed by atoms with van der Waals surface area (Å²) in [6.07, 6.45) is 6.04. The van der Waals surface area contributed by atoms with Gasteiger partial charge in [-0.15, -0.1) is 35.3 Å². The van der Waals surface area contributed by atoms with Gasteiger partial charge in [-0.3, -0.25) is 9.58 Å². The average Bonchev–Trinajstić information content (AvgIpc) is 3.40. The lowest BCUT2D eigenvalue weighted by atomic mass is 9.97. The minimum atomic E-state index is -1.06. The fraction of sp³-hybridized carbons (Fsp3) is 0.636. The van der Waals surface area contributed by atoms with Crippen LogP contribution in [0.4, 0.5) is 0 Å². The monoisotopic (exact) mass is 560 g/mol. The van der Waals surface area contributed by atoms with Crippen LogP contribution in [0.15, 0.2) is 34.9 Å². The number of aliphatic imine (C=N–C) groups is 1. The van der Waals surface area contributed by atoms with Crippen molar-refractivity contribution in [2.24, 2.45) is 18.0 Å². The van der Waals surface area contributed by atoms with Gasteiger partial charge in [-0.05, 0) is 57.1 Å². The number of aliphatic hydroxyl groups is 1. The first kappa shape index (κ1) is 26.1. The molecule has 3 rings (SSSR count). The first-order valence-corrected chi connectivity index (χ1v) is 11.8. The lowest BCUT2D eigenvalue weighted by Gasteiger charge is -2.36. The molecular formula is C22H37IN6OS. The Balaban J connectivity index is 0.00000341. The van der Waals surface area contributed by atoms with E-state index >= 15 is 0 Å². The van der Waals surface area contributed by atoms with Gasteiger partial charge in [0.15, 0.2) is 5.96 Å². The van der Waals surface area contributed by atoms with Gasteiger partial charge in [-0.2, -0.15) is 5.10 Å². The van der Waals surface area contributed by atoms with Crippen LogP contribution in [-0.2, 0) is 12.6 Å². The molecule has 174 valence electrons.